The van der Waals surface area contributed by atoms with Crippen LogP contribution in [0.1, 0.15) is 22.5 Å². The lowest BCUT2D eigenvalue weighted by Gasteiger charge is -2.36. The quantitative estimate of drug-likeness (QED) is 0.595. The molecule has 1 aliphatic rings. The van der Waals surface area contributed by atoms with Gasteiger partial charge in [0.25, 0.3) is 5.91 Å². The van der Waals surface area contributed by atoms with Gasteiger partial charge in [0, 0.05) is 43.8 Å². The molecule has 3 aromatic rings. The number of benzene rings is 2. The highest BCUT2D eigenvalue weighted by Crippen LogP contribution is 2.22. The van der Waals surface area contributed by atoms with Crippen LogP contribution in [-0.4, -0.2) is 62.2 Å². The zero-order valence-corrected chi connectivity index (χ0v) is 18.3. The third kappa shape index (κ3) is 5.14. The molecule has 6 nitrogen and oxygen atoms in total. The summed E-state index contributed by atoms with van der Waals surface area (Å²) < 4.78 is 5.29. The van der Waals surface area contributed by atoms with Crippen LogP contribution >= 0.6 is 0 Å². The second-order valence-electron chi connectivity index (χ2n) is 7.95. The van der Waals surface area contributed by atoms with E-state index in [1.165, 1.54) is 5.69 Å². The molecule has 2 heterocycles. The van der Waals surface area contributed by atoms with Gasteiger partial charge in [0.1, 0.15) is 5.75 Å². The number of hydrogen-bond acceptors (Lipinski definition) is 5. The summed E-state index contributed by atoms with van der Waals surface area (Å²) in [5.74, 6) is 0.695. The first-order valence-corrected chi connectivity index (χ1v) is 10.9. The summed E-state index contributed by atoms with van der Waals surface area (Å²) in [5.41, 5.74) is 3.53. The van der Waals surface area contributed by atoms with Gasteiger partial charge in [-0.25, -0.2) is 0 Å². The van der Waals surface area contributed by atoms with Crippen molar-refractivity contribution in [3.05, 3.63) is 65.9 Å². The van der Waals surface area contributed by atoms with E-state index in [0.717, 1.165) is 61.5 Å². The molecule has 0 saturated carbocycles. The maximum Gasteiger partial charge on any atom is 0.253 e. The standard InChI is InChI=1S/C25H30N4O2/c1-19-23(18-20-17-22(31-2)9-10-24(20)27-19)25(30)26-11-6-12-28-13-15-29(16-14-28)21-7-4-3-5-8-21/h3-5,7-10,17-18H,6,11-16H2,1-2H3,(H,26,30). The zero-order valence-electron chi connectivity index (χ0n) is 18.3. The van der Waals surface area contributed by atoms with Crippen LogP contribution in [0.15, 0.2) is 54.6 Å². The Hall–Kier alpha value is -3.12. The maximum absolute atomic E-state index is 12.7. The van der Waals surface area contributed by atoms with E-state index in [9.17, 15) is 4.79 Å². The van der Waals surface area contributed by atoms with Crippen molar-refractivity contribution in [2.75, 3.05) is 51.3 Å². The summed E-state index contributed by atoms with van der Waals surface area (Å²) in [6.07, 6.45) is 0.935. The fraction of sp³-hybridized carbons (Fsp3) is 0.360. The van der Waals surface area contributed by atoms with Gasteiger partial charge in [-0.15, -0.1) is 0 Å². The van der Waals surface area contributed by atoms with Crippen LogP contribution in [0.5, 0.6) is 5.75 Å². The first kappa shape index (κ1) is 21.1. The van der Waals surface area contributed by atoms with E-state index >= 15 is 0 Å². The van der Waals surface area contributed by atoms with Crippen LogP contribution < -0.4 is 15.0 Å². The molecule has 31 heavy (non-hydrogen) atoms. The highest BCUT2D eigenvalue weighted by Gasteiger charge is 2.17. The second kappa shape index (κ2) is 9.79. The lowest BCUT2D eigenvalue weighted by molar-refractivity contribution is 0.0950. The minimum Gasteiger partial charge on any atom is -0.497 e. The fourth-order valence-corrected chi connectivity index (χ4v) is 4.08. The minimum absolute atomic E-state index is 0.0661. The van der Waals surface area contributed by atoms with Crippen LogP contribution in [0, 0.1) is 6.92 Å². The van der Waals surface area contributed by atoms with E-state index in [4.69, 9.17) is 4.74 Å². The summed E-state index contributed by atoms with van der Waals surface area (Å²) in [6, 6.07) is 18.2. The van der Waals surface area contributed by atoms with Gasteiger partial charge in [-0.2, -0.15) is 0 Å². The molecule has 1 aromatic heterocycles. The number of methoxy groups -OCH3 is 1. The van der Waals surface area contributed by atoms with Gasteiger partial charge < -0.3 is 15.0 Å². The zero-order chi connectivity index (χ0) is 21.6. The Morgan fingerprint density at radius 1 is 1.06 bits per heavy atom. The summed E-state index contributed by atoms with van der Waals surface area (Å²) in [4.78, 5) is 22.2. The molecule has 0 bridgehead atoms. The molecule has 4 rings (SSSR count). The highest BCUT2D eigenvalue weighted by atomic mass is 16.5. The number of hydrogen-bond donors (Lipinski definition) is 1. The molecule has 0 aliphatic carbocycles. The first-order valence-electron chi connectivity index (χ1n) is 10.9. The topological polar surface area (TPSA) is 57.7 Å². The third-order valence-electron chi connectivity index (χ3n) is 5.89. The van der Waals surface area contributed by atoms with Crippen LogP contribution in [0.4, 0.5) is 5.69 Å². The fourth-order valence-electron chi connectivity index (χ4n) is 4.08. The normalized spacial score (nSPS) is 14.6. The Morgan fingerprint density at radius 3 is 2.58 bits per heavy atom. The Kier molecular flexibility index (Phi) is 6.67. The van der Waals surface area contributed by atoms with E-state index in [1.54, 1.807) is 7.11 Å². The summed E-state index contributed by atoms with van der Waals surface area (Å²) in [7, 11) is 1.64. The van der Waals surface area contributed by atoms with Gasteiger partial charge in [-0.3, -0.25) is 14.7 Å². The van der Waals surface area contributed by atoms with Gasteiger partial charge in [0.15, 0.2) is 0 Å². The molecule has 162 valence electrons. The predicted octanol–water partition coefficient (Wildman–Crippen LogP) is 3.49. The Morgan fingerprint density at radius 2 is 1.84 bits per heavy atom. The molecular weight excluding hydrogens is 388 g/mol. The Labute approximate surface area is 183 Å². The van der Waals surface area contributed by atoms with Crippen LogP contribution in [-0.2, 0) is 0 Å². The van der Waals surface area contributed by atoms with E-state index in [2.05, 4.69) is 50.4 Å². The number of para-hydroxylation sites is 1. The Bertz CT molecular complexity index is 1030. The number of amides is 1. The van der Waals surface area contributed by atoms with E-state index < -0.39 is 0 Å². The lowest BCUT2D eigenvalue weighted by atomic mass is 10.1. The van der Waals surface area contributed by atoms with Crippen LogP contribution in [0.3, 0.4) is 0 Å². The Balaban J connectivity index is 1.25. The number of carbonyl (C=O) groups excluding carboxylic acids is 1. The molecule has 1 N–H and O–H groups in total. The number of piperazine rings is 1. The van der Waals surface area contributed by atoms with Gasteiger partial charge in [0.2, 0.25) is 0 Å². The van der Waals surface area contributed by atoms with Gasteiger partial charge >= 0.3 is 0 Å². The van der Waals surface area contributed by atoms with E-state index in [-0.39, 0.29) is 5.91 Å². The molecule has 1 amide bonds. The number of pyridine rings is 1. The van der Waals surface area contributed by atoms with Gasteiger partial charge in [-0.05, 0) is 56.3 Å². The molecule has 0 radical (unpaired) electrons. The molecule has 1 aliphatic heterocycles. The van der Waals surface area contributed by atoms with Crippen molar-refractivity contribution in [3.8, 4) is 5.75 Å². The molecule has 1 fully saturated rings. The molecule has 0 spiro atoms. The van der Waals surface area contributed by atoms with Gasteiger partial charge in [-0.1, -0.05) is 18.2 Å². The minimum atomic E-state index is -0.0661. The molecule has 0 atom stereocenters. The number of aryl methyl sites for hydroxylation is 1. The number of nitrogens with one attached hydrogen (secondary N) is 1. The molecule has 2 aromatic carbocycles. The van der Waals surface area contributed by atoms with Crippen LogP contribution in [0.2, 0.25) is 0 Å². The van der Waals surface area contributed by atoms with Crippen molar-refractivity contribution < 1.29 is 9.53 Å². The first-order chi connectivity index (χ1) is 15.1. The van der Waals surface area contributed by atoms with E-state index in [0.29, 0.717) is 12.1 Å². The van der Waals surface area contributed by atoms with Crippen molar-refractivity contribution in [1.82, 2.24) is 15.2 Å². The molecule has 1 saturated heterocycles. The molecule has 6 heteroatoms. The average Bonchev–Trinajstić information content (AvgIpc) is 2.82. The number of anilines is 1. The second-order valence-corrected chi connectivity index (χ2v) is 7.95. The highest BCUT2D eigenvalue weighted by molar-refractivity contribution is 5.98. The predicted molar refractivity (Wildman–Crippen MR) is 125 cm³/mol. The average molecular weight is 419 g/mol. The number of nitrogens with zero attached hydrogens (tertiary/aromatic N) is 3. The third-order valence-corrected chi connectivity index (χ3v) is 5.89. The molecule has 0 unspecified atom stereocenters. The van der Waals surface area contributed by atoms with Gasteiger partial charge in [0.05, 0.1) is 23.9 Å². The van der Waals surface area contributed by atoms with Crippen molar-refractivity contribution in [2.45, 2.75) is 13.3 Å². The largest absolute Gasteiger partial charge is 0.497 e. The lowest BCUT2D eigenvalue weighted by Crippen LogP contribution is -2.47. The SMILES string of the molecule is COc1ccc2nc(C)c(C(=O)NCCCN3CCN(c4ccccc4)CC3)cc2c1. The monoisotopic (exact) mass is 418 g/mol. The number of rotatable bonds is 7. The maximum atomic E-state index is 12.7. The van der Waals surface area contributed by atoms with E-state index in [1.807, 2.05) is 31.2 Å². The number of fused-ring (bicyclic) bond motifs is 1. The summed E-state index contributed by atoms with van der Waals surface area (Å²) >= 11 is 0. The number of carbonyl (C=O) groups is 1. The number of aromatic nitrogens is 1. The van der Waals surface area contributed by atoms with Crippen molar-refractivity contribution in [1.29, 1.82) is 0 Å². The summed E-state index contributed by atoms with van der Waals surface area (Å²) in [6.45, 7) is 7.73. The summed E-state index contributed by atoms with van der Waals surface area (Å²) in [5, 5.41) is 3.97. The smallest absolute Gasteiger partial charge is 0.253 e. The van der Waals surface area contributed by atoms with Crippen molar-refractivity contribution in [3.63, 3.8) is 0 Å². The van der Waals surface area contributed by atoms with Crippen molar-refractivity contribution >= 4 is 22.5 Å². The van der Waals surface area contributed by atoms with Crippen LogP contribution in [0.25, 0.3) is 10.9 Å². The van der Waals surface area contributed by atoms with Crippen molar-refractivity contribution in [2.24, 2.45) is 0 Å². The molecular formula is C25H30N4O2. The number of ether oxygens (including phenoxy) is 1.